The zero-order chi connectivity index (χ0) is 12.1. The van der Waals surface area contributed by atoms with Crippen molar-refractivity contribution in [1.82, 2.24) is 14.7 Å². The maximum Gasteiger partial charge on any atom is 0.226 e. The second-order valence-corrected chi connectivity index (χ2v) is 3.87. The van der Waals surface area contributed by atoms with Crippen molar-refractivity contribution < 1.29 is 4.79 Å². The molecule has 0 fully saturated rings. The van der Waals surface area contributed by atoms with Crippen molar-refractivity contribution in [2.45, 2.75) is 12.8 Å². The Morgan fingerprint density at radius 1 is 1.47 bits per heavy atom. The Hall–Kier alpha value is -1.88. The van der Waals surface area contributed by atoms with Gasteiger partial charge in [-0.05, 0) is 25.1 Å². The standard InChI is InChI=1S/C12H16N4O/c13-5-3-6-14-12(17)8-10-9-16-7-2-1-4-11(16)15-10/h1-2,4,7,9H,3,5-6,8,13H2,(H,14,17). The van der Waals surface area contributed by atoms with Crippen molar-refractivity contribution in [3.63, 3.8) is 0 Å². The lowest BCUT2D eigenvalue weighted by atomic mass is 10.3. The lowest BCUT2D eigenvalue weighted by Crippen LogP contribution is -2.27. The number of nitrogens with two attached hydrogens (primary N) is 1. The minimum absolute atomic E-state index is 0.0122. The Morgan fingerprint density at radius 2 is 2.35 bits per heavy atom. The van der Waals surface area contributed by atoms with Crippen molar-refractivity contribution in [2.24, 2.45) is 5.73 Å². The Kier molecular flexibility index (Phi) is 3.72. The molecule has 0 saturated carbocycles. The molecule has 0 bridgehead atoms. The van der Waals surface area contributed by atoms with Crippen LogP contribution in [0.2, 0.25) is 0 Å². The summed E-state index contributed by atoms with van der Waals surface area (Å²) in [5, 5.41) is 2.81. The maximum atomic E-state index is 11.6. The third kappa shape index (κ3) is 3.04. The first-order valence-electron chi connectivity index (χ1n) is 5.69. The molecule has 90 valence electrons. The van der Waals surface area contributed by atoms with E-state index in [4.69, 9.17) is 5.73 Å². The molecule has 0 aliphatic carbocycles. The molecule has 5 heteroatoms. The monoisotopic (exact) mass is 232 g/mol. The molecule has 0 spiro atoms. The van der Waals surface area contributed by atoms with E-state index in [0.29, 0.717) is 19.5 Å². The van der Waals surface area contributed by atoms with Crippen LogP contribution in [-0.4, -0.2) is 28.4 Å². The number of amides is 1. The highest BCUT2D eigenvalue weighted by molar-refractivity contribution is 5.78. The summed E-state index contributed by atoms with van der Waals surface area (Å²) >= 11 is 0. The zero-order valence-corrected chi connectivity index (χ0v) is 9.60. The van der Waals surface area contributed by atoms with Crippen LogP contribution in [0, 0.1) is 0 Å². The highest BCUT2D eigenvalue weighted by atomic mass is 16.1. The van der Waals surface area contributed by atoms with Crippen LogP contribution in [0.1, 0.15) is 12.1 Å². The lowest BCUT2D eigenvalue weighted by Gasteiger charge is -2.01. The van der Waals surface area contributed by atoms with E-state index in [1.54, 1.807) is 0 Å². The molecule has 0 radical (unpaired) electrons. The van der Waals surface area contributed by atoms with Gasteiger partial charge in [0.1, 0.15) is 5.65 Å². The third-order valence-electron chi connectivity index (χ3n) is 2.46. The first-order chi connectivity index (χ1) is 8.29. The number of hydrogen-bond acceptors (Lipinski definition) is 3. The number of nitrogens with zero attached hydrogens (tertiary/aromatic N) is 2. The SMILES string of the molecule is NCCCNC(=O)Cc1cn2ccccc2n1. The second-order valence-electron chi connectivity index (χ2n) is 3.87. The van der Waals surface area contributed by atoms with E-state index < -0.39 is 0 Å². The van der Waals surface area contributed by atoms with E-state index in [2.05, 4.69) is 10.3 Å². The summed E-state index contributed by atoms with van der Waals surface area (Å²) in [6.07, 6.45) is 4.90. The van der Waals surface area contributed by atoms with Gasteiger partial charge < -0.3 is 15.5 Å². The van der Waals surface area contributed by atoms with Gasteiger partial charge >= 0.3 is 0 Å². The number of imidazole rings is 1. The van der Waals surface area contributed by atoms with Gasteiger partial charge in [-0.3, -0.25) is 4.79 Å². The largest absolute Gasteiger partial charge is 0.356 e. The van der Waals surface area contributed by atoms with Crippen LogP contribution in [0.3, 0.4) is 0 Å². The summed E-state index contributed by atoms with van der Waals surface area (Å²) in [6.45, 7) is 1.22. The van der Waals surface area contributed by atoms with Gasteiger partial charge in [0, 0.05) is 18.9 Å². The number of pyridine rings is 1. The van der Waals surface area contributed by atoms with Gasteiger partial charge in [-0.25, -0.2) is 4.98 Å². The molecule has 0 aromatic carbocycles. The molecule has 1 amide bonds. The number of hydrogen-bond donors (Lipinski definition) is 2. The summed E-state index contributed by atoms with van der Waals surface area (Å²) in [5.41, 5.74) is 6.99. The number of carbonyl (C=O) groups excluding carboxylic acids is 1. The van der Waals surface area contributed by atoms with E-state index in [9.17, 15) is 4.79 Å². The van der Waals surface area contributed by atoms with Crippen molar-refractivity contribution in [3.05, 3.63) is 36.3 Å². The van der Waals surface area contributed by atoms with Crippen LogP contribution < -0.4 is 11.1 Å². The van der Waals surface area contributed by atoms with Crippen LogP contribution in [0.15, 0.2) is 30.6 Å². The topological polar surface area (TPSA) is 72.4 Å². The van der Waals surface area contributed by atoms with E-state index >= 15 is 0 Å². The Morgan fingerprint density at radius 3 is 3.12 bits per heavy atom. The molecule has 0 aliphatic rings. The van der Waals surface area contributed by atoms with Gasteiger partial charge in [0.25, 0.3) is 0 Å². The van der Waals surface area contributed by atoms with Crippen LogP contribution >= 0.6 is 0 Å². The lowest BCUT2D eigenvalue weighted by molar-refractivity contribution is -0.120. The van der Waals surface area contributed by atoms with Crippen LogP contribution in [0.4, 0.5) is 0 Å². The average molecular weight is 232 g/mol. The molecule has 0 atom stereocenters. The molecular formula is C12H16N4O. The molecule has 0 saturated heterocycles. The first kappa shape index (κ1) is 11.6. The normalized spacial score (nSPS) is 10.6. The van der Waals surface area contributed by atoms with Crippen LogP contribution in [0.25, 0.3) is 5.65 Å². The zero-order valence-electron chi connectivity index (χ0n) is 9.60. The fourth-order valence-corrected chi connectivity index (χ4v) is 1.63. The fourth-order valence-electron chi connectivity index (χ4n) is 1.63. The quantitative estimate of drug-likeness (QED) is 0.730. The van der Waals surface area contributed by atoms with E-state index in [1.165, 1.54) is 0 Å². The second kappa shape index (κ2) is 5.45. The Labute approximate surface area is 99.6 Å². The molecule has 3 N–H and O–H groups in total. The molecule has 2 rings (SSSR count). The summed E-state index contributed by atoms with van der Waals surface area (Å²) < 4.78 is 1.91. The molecule has 0 aliphatic heterocycles. The fraction of sp³-hybridized carbons (Fsp3) is 0.333. The van der Waals surface area contributed by atoms with E-state index in [0.717, 1.165) is 17.8 Å². The van der Waals surface area contributed by atoms with Gasteiger partial charge in [0.05, 0.1) is 12.1 Å². The van der Waals surface area contributed by atoms with Crippen molar-refractivity contribution in [1.29, 1.82) is 0 Å². The highest BCUT2D eigenvalue weighted by Crippen LogP contribution is 2.04. The summed E-state index contributed by atoms with van der Waals surface area (Å²) in [6, 6.07) is 5.77. The van der Waals surface area contributed by atoms with Crippen LogP contribution in [0.5, 0.6) is 0 Å². The first-order valence-corrected chi connectivity index (χ1v) is 5.69. The van der Waals surface area contributed by atoms with Crippen molar-refractivity contribution in [2.75, 3.05) is 13.1 Å². The van der Waals surface area contributed by atoms with Crippen molar-refractivity contribution in [3.8, 4) is 0 Å². The minimum atomic E-state index is -0.0122. The van der Waals surface area contributed by atoms with E-state index in [-0.39, 0.29) is 5.91 Å². The summed E-state index contributed by atoms with van der Waals surface area (Å²) in [4.78, 5) is 15.9. The molecule has 17 heavy (non-hydrogen) atoms. The van der Waals surface area contributed by atoms with Gasteiger partial charge in [-0.1, -0.05) is 6.07 Å². The maximum absolute atomic E-state index is 11.6. The van der Waals surface area contributed by atoms with Gasteiger partial charge in [0.2, 0.25) is 5.91 Å². The Balaban J connectivity index is 1.96. The number of rotatable bonds is 5. The number of carbonyl (C=O) groups is 1. The number of fused-ring (bicyclic) bond motifs is 1. The van der Waals surface area contributed by atoms with Crippen molar-refractivity contribution >= 4 is 11.6 Å². The predicted octanol–water partition coefficient (Wildman–Crippen LogP) is 0.342. The third-order valence-corrected chi connectivity index (χ3v) is 2.46. The van der Waals surface area contributed by atoms with Gasteiger partial charge in [0.15, 0.2) is 0 Å². The molecule has 0 unspecified atom stereocenters. The minimum Gasteiger partial charge on any atom is -0.356 e. The number of nitrogens with one attached hydrogen (secondary N) is 1. The molecule has 5 nitrogen and oxygen atoms in total. The highest BCUT2D eigenvalue weighted by Gasteiger charge is 2.06. The molecule has 2 aromatic rings. The van der Waals surface area contributed by atoms with Gasteiger partial charge in [-0.15, -0.1) is 0 Å². The molecule has 2 aromatic heterocycles. The number of aromatic nitrogens is 2. The Bertz CT molecular complexity index is 473. The van der Waals surface area contributed by atoms with Gasteiger partial charge in [-0.2, -0.15) is 0 Å². The van der Waals surface area contributed by atoms with Crippen LogP contribution in [-0.2, 0) is 11.2 Å². The molecular weight excluding hydrogens is 216 g/mol. The molecule has 2 heterocycles. The smallest absolute Gasteiger partial charge is 0.226 e. The predicted molar refractivity (Wildman–Crippen MR) is 65.6 cm³/mol. The summed E-state index contributed by atoms with van der Waals surface area (Å²) in [5.74, 6) is -0.0122. The van der Waals surface area contributed by atoms with E-state index in [1.807, 2.05) is 35.0 Å². The summed E-state index contributed by atoms with van der Waals surface area (Å²) in [7, 11) is 0. The average Bonchev–Trinajstić information content (AvgIpc) is 2.71.